The molecule has 0 aliphatic rings. The Bertz CT molecular complexity index is 1510. The zero-order chi connectivity index (χ0) is 29.3. The number of aromatic nitrogens is 4. The van der Waals surface area contributed by atoms with E-state index >= 15 is 0 Å². The van der Waals surface area contributed by atoms with Crippen molar-refractivity contribution in [2.75, 3.05) is 11.5 Å². The SMILES string of the molecule is Cc1cc(CN(Cc2ccccn2)Cc2ccccn2)c(O)c(CN(Cc2cccc(N)n2)Cc2cccc(N)n2)c1. The molecule has 1 aromatic carbocycles. The lowest BCUT2D eigenvalue weighted by atomic mass is 10.0. The Morgan fingerprint density at radius 2 is 1.00 bits per heavy atom. The van der Waals surface area contributed by atoms with Gasteiger partial charge in [-0.2, -0.15) is 0 Å². The monoisotopic (exact) mass is 560 g/mol. The summed E-state index contributed by atoms with van der Waals surface area (Å²) in [6.45, 7) is 5.35. The number of phenolic OH excluding ortho intramolecular Hbond substituents is 1. The van der Waals surface area contributed by atoms with E-state index < -0.39 is 0 Å². The van der Waals surface area contributed by atoms with Crippen molar-refractivity contribution < 1.29 is 5.11 Å². The molecule has 5 N–H and O–H groups in total. The highest BCUT2D eigenvalue weighted by atomic mass is 16.3. The second-order valence-corrected chi connectivity index (χ2v) is 10.5. The van der Waals surface area contributed by atoms with Gasteiger partial charge < -0.3 is 16.6 Å². The fourth-order valence-corrected chi connectivity index (χ4v) is 5.06. The summed E-state index contributed by atoms with van der Waals surface area (Å²) in [4.78, 5) is 22.5. The molecule has 0 aliphatic heterocycles. The van der Waals surface area contributed by atoms with Crippen LogP contribution in [0.1, 0.15) is 39.5 Å². The van der Waals surface area contributed by atoms with Crippen molar-refractivity contribution in [3.05, 3.63) is 137 Å². The molecule has 5 aromatic rings. The van der Waals surface area contributed by atoms with Crippen LogP contribution in [0.5, 0.6) is 5.75 Å². The van der Waals surface area contributed by atoms with Gasteiger partial charge in [-0.1, -0.05) is 42.0 Å². The minimum Gasteiger partial charge on any atom is -0.507 e. The van der Waals surface area contributed by atoms with Crippen LogP contribution in [0.3, 0.4) is 0 Å². The van der Waals surface area contributed by atoms with Crippen LogP contribution in [-0.2, 0) is 39.3 Å². The Hall–Kier alpha value is -4.86. The van der Waals surface area contributed by atoms with Crippen molar-refractivity contribution in [3.63, 3.8) is 0 Å². The smallest absolute Gasteiger partial charge is 0.124 e. The number of aryl methyl sites for hydroxylation is 1. The third-order valence-corrected chi connectivity index (χ3v) is 6.85. The lowest BCUT2D eigenvalue weighted by molar-refractivity contribution is 0.231. The number of nitrogens with two attached hydrogens (primary N) is 2. The predicted octanol–water partition coefficient (Wildman–Crippen LogP) is 4.85. The Balaban J connectivity index is 1.42. The highest BCUT2D eigenvalue weighted by Crippen LogP contribution is 2.29. The predicted molar refractivity (Wildman–Crippen MR) is 165 cm³/mol. The van der Waals surface area contributed by atoms with Gasteiger partial charge in [0.1, 0.15) is 17.4 Å². The van der Waals surface area contributed by atoms with Crippen molar-refractivity contribution in [2.24, 2.45) is 0 Å². The molecule has 0 saturated heterocycles. The molecular weight excluding hydrogens is 524 g/mol. The average Bonchev–Trinajstić information content (AvgIpc) is 2.96. The molecule has 0 unspecified atom stereocenters. The third-order valence-electron chi connectivity index (χ3n) is 6.85. The van der Waals surface area contributed by atoms with Gasteiger partial charge in [-0.3, -0.25) is 19.8 Å². The molecule has 4 aromatic heterocycles. The second-order valence-electron chi connectivity index (χ2n) is 10.5. The average molecular weight is 561 g/mol. The zero-order valence-corrected chi connectivity index (χ0v) is 23.8. The van der Waals surface area contributed by atoms with E-state index in [1.54, 1.807) is 24.5 Å². The highest BCUT2D eigenvalue weighted by molar-refractivity contribution is 5.44. The van der Waals surface area contributed by atoms with Gasteiger partial charge in [-0.05, 0) is 55.5 Å². The number of hydrogen-bond donors (Lipinski definition) is 3. The first-order valence-electron chi connectivity index (χ1n) is 13.9. The van der Waals surface area contributed by atoms with Crippen molar-refractivity contribution in [1.29, 1.82) is 0 Å². The van der Waals surface area contributed by atoms with Crippen LogP contribution in [0.4, 0.5) is 11.6 Å². The maximum absolute atomic E-state index is 11.6. The molecule has 4 heterocycles. The number of anilines is 2. The molecule has 5 rings (SSSR count). The molecule has 0 spiro atoms. The number of hydrogen-bond acceptors (Lipinski definition) is 9. The molecule has 9 heteroatoms. The van der Waals surface area contributed by atoms with E-state index in [0.29, 0.717) is 50.9 Å². The van der Waals surface area contributed by atoms with Gasteiger partial charge in [0.15, 0.2) is 0 Å². The molecule has 214 valence electrons. The zero-order valence-electron chi connectivity index (χ0n) is 23.8. The van der Waals surface area contributed by atoms with Crippen LogP contribution in [0.2, 0.25) is 0 Å². The number of aromatic hydroxyl groups is 1. The van der Waals surface area contributed by atoms with Crippen LogP contribution in [-0.4, -0.2) is 34.8 Å². The standard InChI is InChI=1S/C33H36N8O/c1-24-16-25(18-40(20-27-8-2-4-14-36-27)21-28-9-3-5-15-37-28)33(42)26(17-24)19-41(22-29-10-6-12-31(34)38-29)23-30-11-7-13-32(35)39-30/h2-17,42H,18-23H2,1H3,(H2,34,38)(H2,35,39). The van der Waals surface area contributed by atoms with Crippen LogP contribution < -0.4 is 11.5 Å². The largest absolute Gasteiger partial charge is 0.507 e. The Labute approximate surface area is 246 Å². The quantitative estimate of drug-likeness (QED) is 0.196. The van der Waals surface area contributed by atoms with Crippen molar-refractivity contribution in [1.82, 2.24) is 29.7 Å². The van der Waals surface area contributed by atoms with E-state index in [1.165, 1.54) is 0 Å². The molecular formula is C33H36N8O. The topological polar surface area (TPSA) is 130 Å². The normalized spacial score (nSPS) is 11.3. The Kier molecular flexibility index (Phi) is 9.33. The van der Waals surface area contributed by atoms with Crippen molar-refractivity contribution in [3.8, 4) is 5.75 Å². The van der Waals surface area contributed by atoms with Crippen LogP contribution in [0.25, 0.3) is 0 Å². The summed E-state index contributed by atoms with van der Waals surface area (Å²) in [5.74, 6) is 1.21. The number of nitrogens with zero attached hydrogens (tertiary/aromatic N) is 6. The molecule has 42 heavy (non-hydrogen) atoms. The van der Waals surface area contributed by atoms with Crippen LogP contribution >= 0.6 is 0 Å². The van der Waals surface area contributed by atoms with E-state index in [2.05, 4.69) is 36.7 Å². The highest BCUT2D eigenvalue weighted by Gasteiger charge is 2.18. The lowest BCUT2D eigenvalue weighted by Crippen LogP contribution is -2.25. The van der Waals surface area contributed by atoms with Crippen LogP contribution in [0.15, 0.2) is 97.3 Å². The fourth-order valence-electron chi connectivity index (χ4n) is 5.06. The molecule has 0 saturated carbocycles. The number of rotatable bonds is 12. The molecule has 0 fully saturated rings. The Morgan fingerprint density at radius 3 is 1.40 bits per heavy atom. The molecule has 0 atom stereocenters. The second kappa shape index (κ2) is 13.7. The van der Waals surface area contributed by atoms with Crippen LogP contribution in [0, 0.1) is 6.92 Å². The number of nitrogen functional groups attached to an aromatic ring is 2. The number of pyridine rings is 4. The summed E-state index contributed by atoms with van der Waals surface area (Å²) in [6.07, 6.45) is 3.60. The maximum atomic E-state index is 11.6. The molecule has 0 amide bonds. The summed E-state index contributed by atoms with van der Waals surface area (Å²) < 4.78 is 0. The van der Waals surface area contributed by atoms with Gasteiger partial charge >= 0.3 is 0 Å². The van der Waals surface area contributed by atoms with Crippen molar-refractivity contribution >= 4 is 11.6 Å². The number of benzene rings is 1. The fraction of sp³-hybridized carbons (Fsp3) is 0.212. The van der Waals surface area contributed by atoms with Gasteiger partial charge in [0.25, 0.3) is 0 Å². The van der Waals surface area contributed by atoms with E-state index in [1.807, 2.05) is 72.8 Å². The van der Waals surface area contributed by atoms with Gasteiger partial charge in [-0.15, -0.1) is 0 Å². The minimum atomic E-state index is 0.277. The lowest BCUT2D eigenvalue weighted by Gasteiger charge is -2.25. The molecule has 9 nitrogen and oxygen atoms in total. The molecule has 0 bridgehead atoms. The summed E-state index contributed by atoms with van der Waals surface area (Å²) in [5.41, 5.74) is 18.3. The summed E-state index contributed by atoms with van der Waals surface area (Å²) in [6, 6.07) is 27.1. The minimum absolute atomic E-state index is 0.277. The summed E-state index contributed by atoms with van der Waals surface area (Å²) in [5, 5.41) is 11.6. The van der Waals surface area contributed by atoms with E-state index in [4.69, 9.17) is 11.5 Å². The molecule has 0 aliphatic carbocycles. The van der Waals surface area contributed by atoms with Gasteiger partial charge in [0.2, 0.25) is 0 Å². The van der Waals surface area contributed by atoms with Gasteiger partial charge in [-0.25, -0.2) is 9.97 Å². The van der Waals surface area contributed by atoms with E-state index in [-0.39, 0.29) is 5.75 Å². The number of phenols is 1. The first kappa shape index (κ1) is 28.7. The summed E-state index contributed by atoms with van der Waals surface area (Å²) >= 11 is 0. The van der Waals surface area contributed by atoms with E-state index in [0.717, 1.165) is 39.5 Å². The first-order chi connectivity index (χ1) is 20.4. The van der Waals surface area contributed by atoms with E-state index in [9.17, 15) is 5.11 Å². The maximum Gasteiger partial charge on any atom is 0.124 e. The summed E-state index contributed by atoms with van der Waals surface area (Å²) in [7, 11) is 0. The van der Waals surface area contributed by atoms with Gasteiger partial charge in [0, 0.05) is 62.8 Å². The first-order valence-corrected chi connectivity index (χ1v) is 13.9. The Morgan fingerprint density at radius 1 is 0.571 bits per heavy atom. The van der Waals surface area contributed by atoms with Gasteiger partial charge in [0.05, 0.1) is 22.8 Å². The van der Waals surface area contributed by atoms with Crippen molar-refractivity contribution in [2.45, 2.75) is 46.2 Å². The molecule has 0 radical (unpaired) electrons. The third kappa shape index (κ3) is 8.09.